The Bertz CT molecular complexity index is 597. The summed E-state index contributed by atoms with van der Waals surface area (Å²) < 4.78 is 40.7. The van der Waals surface area contributed by atoms with Crippen LogP contribution in [0, 0.1) is 0 Å². The number of aromatic hydroxyl groups is 1. The highest BCUT2D eigenvalue weighted by molar-refractivity contribution is 9.10. The van der Waals surface area contributed by atoms with Crippen molar-refractivity contribution in [3.05, 3.63) is 46.9 Å². The van der Waals surface area contributed by atoms with Crippen LogP contribution in [-0.2, 0) is 0 Å². The molecule has 0 atom stereocenters. The van der Waals surface area contributed by atoms with Gasteiger partial charge in [-0.1, -0.05) is 18.2 Å². The van der Waals surface area contributed by atoms with Gasteiger partial charge >= 0.3 is 6.36 Å². The van der Waals surface area contributed by atoms with Gasteiger partial charge in [-0.3, -0.25) is 0 Å². The average Bonchev–Trinajstić information content (AvgIpc) is 2.31. The van der Waals surface area contributed by atoms with Crippen molar-refractivity contribution in [2.75, 3.05) is 0 Å². The zero-order valence-electron chi connectivity index (χ0n) is 9.41. The molecule has 19 heavy (non-hydrogen) atoms. The van der Waals surface area contributed by atoms with E-state index in [-0.39, 0.29) is 11.5 Å². The van der Waals surface area contributed by atoms with Crippen molar-refractivity contribution in [2.24, 2.45) is 0 Å². The van der Waals surface area contributed by atoms with Crippen LogP contribution in [0.15, 0.2) is 46.9 Å². The molecule has 0 bridgehead atoms. The minimum atomic E-state index is -4.72. The van der Waals surface area contributed by atoms with Crippen molar-refractivity contribution in [1.29, 1.82) is 0 Å². The van der Waals surface area contributed by atoms with E-state index in [2.05, 4.69) is 20.7 Å². The zero-order valence-corrected chi connectivity index (χ0v) is 11.0. The lowest BCUT2D eigenvalue weighted by Gasteiger charge is -2.10. The highest BCUT2D eigenvalue weighted by Crippen LogP contribution is 2.32. The first-order valence-electron chi connectivity index (χ1n) is 5.20. The molecular formula is C13H8BrF3O2. The minimum absolute atomic E-state index is 0.0136. The summed E-state index contributed by atoms with van der Waals surface area (Å²) in [5, 5.41) is 9.56. The van der Waals surface area contributed by atoms with Crippen molar-refractivity contribution in [2.45, 2.75) is 6.36 Å². The van der Waals surface area contributed by atoms with E-state index in [9.17, 15) is 18.3 Å². The lowest BCUT2D eigenvalue weighted by atomic mass is 10.1. The van der Waals surface area contributed by atoms with Gasteiger partial charge in [-0.25, -0.2) is 0 Å². The van der Waals surface area contributed by atoms with Crippen LogP contribution in [0.1, 0.15) is 0 Å². The molecule has 100 valence electrons. The number of rotatable bonds is 2. The molecule has 0 aliphatic carbocycles. The quantitative estimate of drug-likeness (QED) is 0.862. The van der Waals surface area contributed by atoms with Crippen molar-refractivity contribution >= 4 is 15.9 Å². The summed E-state index contributed by atoms with van der Waals surface area (Å²) in [6.45, 7) is 0. The SMILES string of the molecule is Oc1cc(-c2cccc(OC(F)(F)F)c2)ccc1Br. The van der Waals surface area contributed by atoms with E-state index < -0.39 is 6.36 Å². The second-order valence-corrected chi connectivity index (χ2v) is 4.60. The van der Waals surface area contributed by atoms with E-state index in [1.807, 2.05) is 0 Å². The van der Waals surface area contributed by atoms with E-state index in [0.717, 1.165) is 0 Å². The van der Waals surface area contributed by atoms with Crippen molar-refractivity contribution in [3.63, 3.8) is 0 Å². The molecule has 0 spiro atoms. The molecule has 1 N–H and O–H groups in total. The third-order valence-corrected chi connectivity index (χ3v) is 3.02. The van der Waals surface area contributed by atoms with E-state index in [1.54, 1.807) is 18.2 Å². The predicted molar refractivity (Wildman–Crippen MR) is 67.9 cm³/mol. The van der Waals surface area contributed by atoms with E-state index in [1.165, 1.54) is 24.3 Å². The van der Waals surface area contributed by atoms with E-state index in [4.69, 9.17) is 0 Å². The van der Waals surface area contributed by atoms with Crippen molar-refractivity contribution in [1.82, 2.24) is 0 Å². The number of ether oxygens (including phenoxy) is 1. The molecule has 0 radical (unpaired) electrons. The summed E-state index contributed by atoms with van der Waals surface area (Å²) in [4.78, 5) is 0. The Hall–Kier alpha value is -1.69. The summed E-state index contributed by atoms with van der Waals surface area (Å²) in [5.41, 5.74) is 1.11. The molecule has 2 aromatic rings. The van der Waals surface area contributed by atoms with Crippen molar-refractivity contribution in [3.8, 4) is 22.6 Å². The minimum Gasteiger partial charge on any atom is -0.507 e. The maximum atomic E-state index is 12.1. The van der Waals surface area contributed by atoms with Gasteiger partial charge in [0.05, 0.1) is 4.47 Å². The van der Waals surface area contributed by atoms with Crippen LogP contribution in [0.4, 0.5) is 13.2 Å². The Kier molecular flexibility index (Phi) is 3.71. The number of phenolic OH excluding ortho intramolecular Hbond substituents is 1. The Morgan fingerprint density at radius 2 is 1.68 bits per heavy atom. The number of phenols is 1. The Morgan fingerprint density at radius 3 is 2.32 bits per heavy atom. The molecular weight excluding hydrogens is 325 g/mol. The first kappa shape index (κ1) is 13.7. The normalized spacial score (nSPS) is 11.4. The van der Waals surface area contributed by atoms with Crippen LogP contribution >= 0.6 is 15.9 Å². The van der Waals surface area contributed by atoms with Gasteiger partial charge in [0.2, 0.25) is 0 Å². The Balaban J connectivity index is 2.35. The molecule has 0 unspecified atom stereocenters. The summed E-state index contributed by atoms with van der Waals surface area (Å²) in [7, 11) is 0. The third-order valence-electron chi connectivity index (χ3n) is 2.35. The third kappa shape index (κ3) is 3.64. The smallest absolute Gasteiger partial charge is 0.507 e. The molecule has 0 aromatic heterocycles. The molecule has 6 heteroatoms. The first-order valence-corrected chi connectivity index (χ1v) is 5.99. The lowest BCUT2D eigenvalue weighted by Crippen LogP contribution is -2.17. The first-order chi connectivity index (χ1) is 8.85. The van der Waals surface area contributed by atoms with Crippen LogP contribution < -0.4 is 4.74 Å². The van der Waals surface area contributed by atoms with Gasteiger partial charge in [0.1, 0.15) is 11.5 Å². The molecule has 0 aliphatic rings. The highest BCUT2D eigenvalue weighted by Gasteiger charge is 2.31. The molecule has 2 rings (SSSR count). The summed E-state index contributed by atoms with van der Waals surface area (Å²) >= 11 is 3.13. The van der Waals surface area contributed by atoms with Crippen LogP contribution in [0.25, 0.3) is 11.1 Å². The molecule has 0 fully saturated rings. The van der Waals surface area contributed by atoms with Crippen LogP contribution in [0.3, 0.4) is 0 Å². The number of hydrogen-bond donors (Lipinski definition) is 1. The number of hydrogen-bond acceptors (Lipinski definition) is 2. The summed E-state index contributed by atoms with van der Waals surface area (Å²) in [5.74, 6) is -0.285. The van der Waals surface area contributed by atoms with Crippen LogP contribution in [-0.4, -0.2) is 11.5 Å². The van der Waals surface area contributed by atoms with Gasteiger partial charge in [0.25, 0.3) is 0 Å². The fourth-order valence-corrected chi connectivity index (χ4v) is 1.81. The molecule has 2 aromatic carbocycles. The second-order valence-electron chi connectivity index (χ2n) is 3.74. The molecule has 0 amide bonds. The van der Waals surface area contributed by atoms with Gasteiger partial charge in [-0.2, -0.15) is 0 Å². The summed E-state index contributed by atoms with van der Waals surface area (Å²) in [6.07, 6.45) is -4.72. The second kappa shape index (κ2) is 5.13. The largest absolute Gasteiger partial charge is 0.573 e. The zero-order chi connectivity index (χ0) is 14.0. The number of halogens is 4. The monoisotopic (exact) mass is 332 g/mol. The molecule has 0 heterocycles. The fourth-order valence-electron chi connectivity index (χ4n) is 1.57. The lowest BCUT2D eigenvalue weighted by molar-refractivity contribution is -0.274. The highest BCUT2D eigenvalue weighted by atomic mass is 79.9. The average molecular weight is 333 g/mol. The van der Waals surface area contributed by atoms with Crippen LogP contribution in [0.5, 0.6) is 11.5 Å². The maximum absolute atomic E-state index is 12.1. The van der Waals surface area contributed by atoms with E-state index in [0.29, 0.717) is 15.6 Å². The van der Waals surface area contributed by atoms with Gasteiger partial charge in [0, 0.05) is 0 Å². The number of benzene rings is 2. The van der Waals surface area contributed by atoms with Gasteiger partial charge in [-0.05, 0) is 51.3 Å². The molecule has 2 nitrogen and oxygen atoms in total. The van der Waals surface area contributed by atoms with Crippen LogP contribution in [0.2, 0.25) is 0 Å². The predicted octanol–water partition coefficient (Wildman–Crippen LogP) is 4.72. The molecule has 0 aliphatic heterocycles. The van der Waals surface area contributed by atoms with Gasteiger partial charge < -0.3 is 9.84 Å². The van der Waals surface area contributed by atoms with E-state index >= 15 is 0 Å². The van der Waals surface area contributed by atoms with Gasteiger partial charge in [-0.15, -0.1) is 13.2 Å². The maximum Gasteiger partial charge on any atom is 0.573 e. The van der Waals surface area contributed by atoms with Crippen molar-refractivity contribution < 1.29 is 23.0 Å². The summed E-state index contributed by atoms with van der Waals surface area (Å²) in [6, 6.07) is 10.3. The fraction of sp³-hybridized carbons (Fsp3) is 0.0769. The molecule has 0 saturated heterocycles. The number of alkyl halides is 3. The standard InChI is InChI=1S/C13H8BrF3O2/c14-11-5-4-9(7-12(11)18)8-2-1-3-10(6-8)19-13(15,16)17/h1-7,18H. The molecule has 0 saturated carbocycles. The Morgan fingerprint density at radius 1 is 1.00 bits per heavy atom. The van der Waals surface area contributed by atoms with Gasteiger partial charge in [0.15, 0.2) is 0 Å². The Labute approximate surface area is 115 Å². The topological polar surface area (TPSA) is 29.5 Å².